The van der Waals surface area contributed by atoms with Gasteiger partial charge in [0.25, 0.3) is 0 Å². The van der Waals surface area contributed by atoms with Crippen LogP contribution in [0.1, 0.15) is 0 Å². The van der Waals surface area contributed by atoms with Crippen molar-refractivity contribution in [3.63, 3.8) is 0 Å². The van der Waals surface area contributed by atoms with E-state index >= 15 is 0 Å². The fourth-order valence-corrected chi connectivity index (χ4v) is 1.42. The van der Waals surface area contributed by atoms with E-state index in [1.165, 1.54) is 24.3 Å². The second kappa shape index (κ2) is 3.06. The highest BCUT2D eigenvalue weighted by Gasteiger charge is 2.09. The summed E-state index contributed by atoms with van der Waals surface area (Å²) >= 11 is 2.01. The predicted molar refractivity (Wildman–Crippen MR) is 47.5 cm³/mol. The Hall–Kier alpha value is -0.170. The first-order valence-corrected chi connectivity index (χ1v) is 5.16. The molecular formula is C6H4FIO2S. The Morgan fingerprint density at radius 1 is 1.18 bits per heavy atom. The van der Waals surface area contributed by atoms with Gasteiger partial charge in [0, 0.05) is 3.57 Å². The zero-order valence-corrected chi connectivity index (χ0v) is 8.26. The van der Waals surface area contributed by atoms with E-state index < -0.39 is 10.2 Å². The number of hydrogen-bond donors (Lipinski definition) is 0. The quantitative estimate of drug-likeness (QED) is 0.584. The Bertz CT molecular complexity index is 343. The molecule has 60 valence electrons. The molecule has 1 aromatic rings. The van der Waals surface area contributed by atoms with Gasteiger partial charge in [0.05, 0.1) is 4.90 Å². The van der Waals surface area contributed by atoms with Gasteiger partial charge in [-0.05, 0) is 46.9 Å². The van der Waals surface area contributed by atoms with E-state index in [2.05, 4.69) is 0 Å². The summed E-state index contributed by atoms with van der Waals surface area (Å²) in [5.41, 5.74) is 0. The first-order valence-electron chi connectivity index (χ1n) is 2.70. The third kappa shape index (κ3) is 2.41. The van der Waals surface area contributed by atoms with Gasteiger partial charge in [0.15, 0.2) is 0 Å². The van der Waals surface area contributed by atoms with Crippen LogP contribution in [0.4, 0.5) is 3.89 Å². The maximum Gasteiger partial charge on any atom is 0.332 e. The standard InChI is InChI=1S/C6H4FIO2S/c7-11(9,10)6-3-1-5(8)2-4-6/h1-4H. The van der Waals surface area contributed by atoms with Gasteiger partial charge in [0.1, 0.15) is 0 Å². The van der Waals surface area contributed by atoms with Gasteiger partial charge in [-0.1, -0.05) is 0 Å². The van der Waals surface area contributed by atoms with E-state index in [1.54, 1.807) is 0 Å². The topological polar surface area (TPSA) is 34.1 Å². The highest BCUT2D eigenvalue weighted by Crippen LogP contribution is 2.13. The van der Waals surface area contributed by atoms with Crippen molar-refractivity contribution in [2.75, 3.05) is 0 Å². The smallest absolute Gasteiger partial charge is 0.189 e. The van der Waals surface area contributed by atoms with E-state index in [9.17, 15) is 12.3 Å². The van der Waals surface area contributed by atoms with Crippen molar-refractivity contribution in [3.05, 3.63) is 27.8 Å². The number of halogens is 2. The lowest BCUT2D eigenvalue weighted by Crippen LogP contribution is -1.90. The second-order valence-electron chi connectivity index (χ2n) is 1.89. The Morgan fingerprint density at radius 2 is 1.64 bits per heavy atom. The highest BCUT2D eigenvalue weighted by molar-refractivity contribution is 14.1. The molecule has 0 aliphatic heterocycles. The average molecular weight is 286 g/mol. The Kier molecular flexibility index (Phi) is 2.48. The molecule has 0 saturated heterocycles. The summed E-state index contributed by atoms with van der Waals surface area (Å²) in [6.07, 6.45) is 0. The van der Waals surface area contributed by atoms with E-state index in [-0.39, 0.29) is 4.90 Å². The maximum absolute atomic E-state index is 12.2. The van der Waals surface area contributed by atoms with Crippen LogP contribution in [0.3, 0.4) is 0 Å². The van der Waals surface area contributed by atoms with Crippen molar-refractivity contribution >= 4 is 32.8 Å². The van der Waals surface area contributed by atoms with Crippen LogP contribution in [0.2, 0.25) is 0 Å². The predicted octanol–water partition coefficient (Wildman–Crippen LogP) is 1.95. The van der Waals surface area contributed by atoms with Crippen LogP contribution in [0.5, 0.6) is 0 Å². The second-order valence-corrected chi connectivity index (χ2v) is 4.48. The molecule has 0 heterocycles. The molecule has 11 heavy (non-hydrogen) atoms. The fourth-order valence-electron chi connectivity index (χ4n) is 0.597. The monoisotopic (exact) mass is 286 g/mol. The molecule has 1 aromatic carbocycles. The summed E-state index contributed by atoms with van der Waals surface area (Å²) in [6.45, 7) is 0. The zero-order chi connectivity index (χ0) is 8.48. The Balaban J connectivity index is 3.20. The number of hydrogen-bond acceptors (Lipinski definition) is 2. The van der Waals surface area contributed by atoms with Gasteiger partial charge in [-0.25, -0.2) is 0 Å². The molecule has 1 rings (SSSR count). The van der Waals surface area contributed by atoms with Gasteiger partial charge >= 0.3 is 10.2 Å². The van der Waals surface area contributed by atoms with Crippen LogP contribution in [-0.4, -0.2) is 8.42 Å². The Morgan fingerprint density at radius 3 is 2.00 bits per heavy atom. The van der Waals surface area contributed by atoms with E-state index in [0.717, 1.165) is 3.57 Å². The SMILES string of the molecule is O=S(=O)(F)c1ccc(I)cc1. The molecule has 0 aliphatic carbocycles. The fraction of sp³-hybridized carbons (Fsp3) is 0. The minimum Gasteiger partial charge on any atom is -0.189 e. The first-order chi connectivity index (χ1) is 5.00. The Labute approximate surface area is 77.8 Å². The lowest BCUT2D eigenvalue weighted by molar-refractivity contribution is 0.552. The molecule has 5 heteroatoms. The summed E-state index contributed by atoms with van der Waals surface area (Å²) < 4.78 is 33.6. The molecular weight excluding hydrogens is 282 g/mol. The molecule has 0 N–H and O–H groups in total. The minimum atomic E-state index is -4.52. The van der Waals surface area contributed by atoms with Crippen molar-refractivity contribution in [1.82, 2.24) is 0 Å². The maximum atomic E-state index is 12.2. The van der Waals surface area contributed by atoms with Crippen molar-refractivity contribution in [2.24, 2.45) is 0 Å². The summed E-state index contributed by atoms with van der Waals surface area (Å²) in [6, 6.07) is 5.54. The lowest BCUT2D eigenvalue weighted by Gasteiger charge is -1.92. The third-order valence-electron chi connectivity index (χ3n) is 1.10. The molecule has 0 fully saturated rings. The molecule has 0 bridgehead atoms. The van der Waals surface area contributed by atoms with Gasteiger partial charge in [-0.3, -0.25) is 0 Å². The van der Waals surface area contributed by atoms with Crippen LogP contribution >= 0.6 is 22.6 Å². The normalized spacial score (nSPS) is 11.5. The molecule has 0 atom stereocenters. The van der Waals surface area contributed by atoms with E-state index in [0.29, 0.717) is 0 Å². The summed E-state index contributed by atoms with van der Waals surface area (Å²) in [7, 11) is -4.52. The van der Waals surface area contributed by atoms with Crippen LogP contribution in [0.15, 0.2) is 29.2 Å². The van der Waals surface area contributed by atoms with Crippen molar-refractivity contribution in [2.45, 2.75) is 4.90 Å². The van der Waals surface area contributed by atoms with E-state index in [1.807, 2.05) is 22.6 Å². The minimum absolute atomic E-state index is 0.294. The largest absolute Gasteiger partial charge is 0.332 e. The molecule has 0 spiro atoms. The number of rotatable bonds is 1. The van der Waals surface area contributed by atoms with Gasteiger partial charge in [-0.15, -0.1) is 3.89 Å². The van der Waals surface area contributed by atoms with Crippen LogP contribution < -0.4 is 0 Å². The average Bonchev–Trinajstić information content (AvgIpc) is 1.86. The van der Waals surface area contributed by atoms with Gasteiger partial charge < -0.3 is 0 Å². The number of benzene rings is 1. The molecule has 0 amide bonds. The van der Waals surface area contributed by atoms with Crippen molar-refractivity contribution < 1.29 is 12.3 Å². The molecule has 0 unspecified atom stereocenters. The molecule has 0 aliphatic rings. The summed E-state index contributed by atoms with van der Waals surface area (Å²) in [5, 5.41) is 0. The van der Waals surface area contributed by atoms with Crippen LogP contribution in [-0.2, 0) is 10.2 Å². The first kappa shape index (κ1) is 8.92. The van der Waals surface area contributed by atoms with Gasteiger partial charge in [-0.2, -0.15) is 8.42 Å². The third-order valence-corrected chi connectivity index (χ3v) is 2.65. The zero-order valence-electron chi connectivity index (χ0n) is 5.29. The molecule has 0 aromatic heterocycles. The van der Waals surface area contributed by atoms with Crippen molar-refractivity contribution in [3.8, 4) is 0 Å². The highest BCUT2D eigenvalue weighted by atomic mass is 127. The van der Waals surface area contributed by atoms with Gasteiger partial charge in [0.2, 0.25) is 0 Å². The van der Waals surface area contributed by atoms with Crippen LogP contribution in [0, 0.1) is 3.57 Å². The van der Waals surface area contributed by atoms with Crippen molar-refractivity contribution in [1.29, 1.82) is 0 Å². The molecule has 0 radical (unpaired) electrons. The molecule has 2 nitrogen and oxygen atoms in total. The van der Waals surface area contributed by atoms with Crippen LogP contribution in [0.25, 0.3) is 0 Å². The molecule has 0 saturated carbocycles. The summed E-state index contributed by atoms with van der Waals surface area (Å²) in [4.78, 5) is -0.294. The van der Waals surface area contributed by atoms with E-state index in [4.69, 9.17) is 0 Å². The lowest BCUT2D eigenvalue weighted by atomic mass is 10.4. The summed E-state index contributed by atoms with van der Waals surface area (Å²) in [5.74, 6) is 0.